The maximum Gasteiger partial charge on any atom is 0.251 e. The van der Waals surface area contributed by atoms with E-state index < -0.39 is 17.3 Å². The van der Waals surface area contributed by atoms with Gasteiger partial charge in [0.15, 0.2) is 11.6 Å². The third kappa shape index (κ3) is 5.39. The van der Waals surface area contributed by atoms with Gasteiger partial charge in [-0.15, -0.1) is 0 Å². The average Bonchev–Trinajstić information content (AvgIpc) is 3.63. The fourth-order valence-corrected chi connectivity index (χ4v) is 9.47. The molecule has 2 spiro atoms. The molecule has 2 amide bonds. The molecule has 1 atom stereocenters. The number of aliphatic hydroxyl groups is 1. The standard InChI is InChI=1S/C40H47FN8O3/c1-24(2)48-23-43-33-20-32(45-36(35(33)48)44-31-7-13-42-21-30(31)41)26-5-6-29-34(17-26)49(28-18-27(19-28)47-14-4-8-39(22-47)9-10-39)38(52)40(29)11-15-46(16-12-40)37(51)25(3)50/h5-7,13,17,20-21,23-25,27-28,50H,4,8-12,14-16,18-19,22H2,1-3H3,(H,42,44,45)/t25-,27-,28+/m1/s1. The maximum absolute atomic E-state index is 14.8. The molecule has 272 valence electrons. The van der Waals surface area contributed by atoms with Crippen molar-refractivity contribution in [3.05, 3.63) is 60.4 Å². The number of likely N-dealkylation sites (tertiary alicyclic amines) is 2. The van der Waals surface area contributed by atoms with Crippen LogP contribution in [0, 0.1) is 11.2 Å². The topological polar surface area (TPSA) is 120 Å². The molecular weight excluding hydrogens is 659 g/mol. The van der Waals surface area contributed by atoms with E-state index in [4.69, 9.17) is 9.97 Å². The summed E-state index contributed by atoms with van der Waals surface area (Å²) in [4.78, 5) is 47.7. The number of hydrogen-bond donors (Lipinski definition) is 2. The monoisotopic (exact) mass is 706 g/mol. The van der Waals surface area contributed by atoms with E-state index in [-0.39, 0.29) is 29.6 Å². The van der Waals surface area contributed by atoms with Gasteiger partial charge in [0, 0.05) is 55.2 Å². The van der Waals surface area contributed by atoms with E-state index in [2.05, 4.69) is 46.1 Å². The van der Waals surface area contributed by atoms with Crippen LogP contribution in [0.5, 0.6) is 0 Å². The van der Waals surface area contributed by atoms with Crippen LogP contribution in [0.1, 0.15) is 83.7 Å². The fourth-order valence-electron chi connectivity index (χ4n) is 9.47. The Hall–Kier alpha value is -4.42. The second-order valence-corrected chi connectivity index (χ2v) is 16.3. The number of piperidine rings is 2. The summed E-state index contributed by atoms with van der Waals surface area (Å²) >= 11 is 0. The van der Waals surface area contributed by atoms with Crippen molar-refractivity contribution < 1.29 is 19.1 Å². The van der Waals surface area contributed by atoms with E-state index >= 15 is 0 Å². The number of nitrogens with one attached hydrogen (secondary N) is 1. The van der Waals surface area contributed by atoms with E-state index in [1.165, 1.54) is 45.3 Å². The summed E-state index contributed by atoms with van der Waals surface area (Å²) in [6.45, 7) is 8.81. The second-order valence-electron chi connectivity index (χ2n) is 16.3. The van der Waals surface area contributed by atoms with E-state index in [1.807, 2.05) is 16.7 Å². The molecule has 4 fully saturated rings. The Morgan fingerprint density at radius 3 is 2.52 bits per heavy atom. The largest absolute Gasteiger partial charge is 0.384 e. The number of benzene rings is 1. The Morgan fingerprint density at radius 1 is 1.02 bits per heavy atom. The molecule has 52 heavy (non-hydrogen) atoms. The zero-order valence-corrected chi connectivity index (χ0v) is 30.2. The van der Waals surface area contributed by atoms with Crippen molar-refractivity contribution >= 4 is 40.0 Å². The first-order chi connectivity index (χ1) is 25.1. The molecule has 6 heterocycles. The highest BCUT2D eigenvalue weighted by Crippen LogP contribution is 2.55. The van der Waals surface area contributed by atoms with Crippen molar-refractivity contribution in [3.8, 4) is 11.3 Å². The third-order valence-corrected chi connectivity index (χ3v) is 12.7. The van der Waals surface area contributed by atoms with Gasteiger partial charge in [0.1, 0.15) is 11.6 Å². The summed E-state index contributed by atoms with van der Waals surface area (Å²) in [5, 5.41) is 13.2. The minimum Gasteiger partial charge on any atom is -0.384 e. The lowest BCUT2D eigenvalue weighted by Gasteiger charge is -2.49. The summed E-state index contributed by atoms with van der Waals surface area (Å²) in [5.74, 6) is -0.158. The first-order valence-corrected chi connectivity index (χ1v) is 19.0. The van der Waals surface area contributed by atoms with Crippen LogP contribution in [0.25, 0.3) is 22.3 Å². The Morgan fingerprint density at radius 2 is 1.81 bits per heavy atom. The Kier molecular flexibility index (Phi) is 7.93. The number of anilines is 3. The molecule has 0 unspecified atom stereocenters. The van der Waals surface area contributed by atoms with E-state index in [1.54, 1.807) is 23.5 Å². The van der Waals surface area contributed by atoms with Gasteiger partial charge in [0.25, 0.3) is 5.91 Å². The molecule has 4 aromatic rings. The second kappa shape index (κ2) is 12.3. The molecule has 9 rings (SSSR count). The van der Waals surface area contributed by atoms with Gasteiger partial charge in [-0.25, -0.2) is 14.4 Å². The summed E-state index contributed by atoms with van der Waals surface area (Å²) in [5.41, 5.74) is 5.03. The number of pyridine rings is 2. The van der Waals surface area contributed by atoms with Crippen LogP contribution < -0.4 is 10.2 Å². The molecule has 3 aliphatic heterocycles. The van der Waals surface area contributed by atoms with Gasteiger partial charge in [-0.1, -0.05) is 12.1 Å². The first kappa shape index (κ1) is 33.4. The number of amides is 2. The number of nitrogens with zero attached hydrogens (tertiary/aromatic N) is 7. The first-order valence-electron chi connectivity index (χ1n) is 19.0. The summed E-state index contributed by atoms with van der Waals surface area (Å²) in [7, 11) is 0. The Bertz CT molecular complexity index is 2060. The number of carbonyl (C=O) groups is 2. The van der Waals surface area contributed by atoms with Crippen LogP contribution in [0.2, 0.25) is 0 Å². The Labute approximate surface area is 303 Å². The lowest BCUT2D eigenvalue weighted by atomic mass is 9.73. The van der Waals surface area contributed by atoms with Crippen molar-refractivity contribution in [2.45, 2.75) is 102 Å². The number of imidazole rings is 1. The quantitative estimate of drug-likeness (QED) is 0.242. The average molecular weight is 707 g/mol. The minimum atomic E-state index is -1.07. The highest BCUT2D eigenvalue weighted by atomic mass is 19.1. The van der Waals surface area contributed by atoms with Crippen LogP contribution in [0.3, 0.4) is 0 Å². The van der Waals surface area contributed by atoms with Gasteiger partial charge in [0.05, 0.1) is 34.8 Å². The molecule has 11 nitrogen and oxygen atoms in total. The minimum absolute atomic E-state index is 0.101. The lowest BCUT2D eigenvalue weighted by Crippen LogP contribution is -2.59. The van der Waals surface area contributed by atoms with Gasteiger partial charge in [0.2, 0.25) is 5.91 Å². The maximum atomic E-state index is 14.8. The molecule has 1 aromatic carbocycles. The Balaban J connectivity index is 1.09. The van der Waals surface area contributed by atoms with Crippen molar-refractivity contribution in [2.75, 3.05) is 36.4 Å². The molecule has 0 radical (unpaired) electrons. The molecule has 2 aliphatic carbocycles. The normalized spacial score (nSPS) is 24.1. The zero-order chi connectivity index (χ0) is 35.9. The predicted molar refractivity (Wildman–Crippen MR) is 197 cm³/mol. The number of fused-ring (bicyclic) bond motifs is 3. The van der Waals surface area contributed by atoms with Gasteiger partial charge in [-0.2, -0.15) is 0 Å². The number of halogens is 1. The van der Waals surface area contributed by atoms with Gasteiger partial charge < -0.3 is 24.8 Å². The highest BCUT2D eigenvalue weighted by molar-refractivity contribution is 6.09. The highest BCUT2D eigenvalue weighted by Gasteiger charge is 2.56. The third-order valence-electron chi connectivity index (χ3n) is 12.7. The summed E-state index contributed by atoms with van der Waals surface area (Å²) in [6, 6.07) is 10.5. The van der Waals surface area contributed by atoms with Gasteiger partial charge in [-0.3, -0.25) is 19.5 Å². The number of hydrogen-bond acceptors (Lipinski definition) is 8. The SMILES string of the molecule is CC(C)n1cnc2cc(-c3ccc4c(c3)N([C@H]3C[C@@H](N5CCCC6(CC6)C5)C3)C(=O)C43CCN(C(=O)[C@@H](C)O)CC3)nc(Nc3ccncc3F)c21. The predicted octanol–water partition coefficient (Wildman–Crippen LogP) is 5.95. The molecule has 0 bridgehead atoms. The number of rotatable bonds is 7. The molecule has 12 heteroatoms. The summed E-state index contributed by atoms with van der Waals surface area (Å²) < 4.78 is 16.9. The van der Waals surface area contributed by atoms with Crippen molar-refractivity contribution in [3.63, 3.8) is 0 Å². The van der Waals surface area contributed by atoms with Gasteiger partial charge in [-0.05, 0) is 108 Å². The van der Waals surface area contributed by atoms with Gasteiger partial charge >= 0.3 is 0 Å². The summed E-state index contributed by atoms with van der Waals surface area (Å²) in [6.07, 6.45) is 11.7. The fraction of sp³-hybridized carbons (Fsp3) is 0.525. The van der Waals surface area contributed by atoms with Crippen LogP contribution in [0.15, 0.2) is 49.1 Å². The molecule has 3 aromatic heterocycles. The van der Waals surface area contributed by atoms with Crippen LogP contribution >= 0.6 is 0 Å². The van der Waals surface area contributed by atoms with E-state index in [0.717, 1.165) is 47.2 Å². The number of carbonyl (C=O) groups excluding carboxylic acids is 2. The number of aromatic nitrogens is 4. The molecular formula is C40H47FN8O3. The zero-order valence-electron chi connectivity index (χ0n) is 30.2. The van der Waals surface area contributed by atoms with Crippen LogP contribution in [0.4, 0.5) is 21.6 Å². The van der Waals surface area contributed by atoms with Crippen LogP contribution in [-0.4, -0.2) is 90.6 Å². The van der Waals surface area contributed by atoms with E-state index in [9.17, 15) is 19.1 Å². The van der Waals surface area contributed by atoms with Crippen LogP contribution in [-0.2, 0) is 15.0 Å². The molecule has 2 N–H and O–H groups in total. The number of aliphatic hydroxyl groups excluding tert-OH is 1. The van der Waals surface area contributed by atoms with Crippen molar-refractivity contribution in [1.29, 1.82) is 0 Å². The van der Waals surface area contributed by atoms with E-state index in [0.29, 0.717) is 48.9 Å². The van der Waals surface area contributed by atoms with Crippen molar-refractivity contribution in [2.24, 2.45) is 5.41 Å². The molecule has 2 saturated carbocycles. The molecule has 2 saturated heterocycles. The van der Waals surface area contributed by atoms with Crippen molar-refractivity contribution in [1.82, 2.24) is 29.3 Å². The smallest absolute Gasteiger partial charge is 0.251 e. The lowest BCUT2D eigenvalue weighted by molar-refractivity contribution is -0.142. The molecule has 5 aliphatic rings.